The number of benzene rings is 1. The number of ether oxygens (including phenoxy) is 1. The van der Waals surface area contributed by atoms with E-state index in [1.54, 1.807) is 6.07 Å². The molecule has 0 aliphatic heterocycles. The molecular weight excluding hydrogens is 323 g/mol. The number of hydrogen-bond donors (Lipinski definition) is 2. The summed E-state index contributed by atoms with van der Waals surface area (Å²) in [5.74, 6) is -3.55. The summed E-state index contributed by atoms with van der Waals surface area (Å²) in [5, 5.41) is 6.02. The molecular formula is C15H14F3N5O. The second-order valence-electron chi connectivity index (χ2n) is 4.83. The van der Waals surface area contributed by atoms with Crippen LogP contribution in [0.2, 0.25) is 0 Å². The average molecular weight is 337 g/mol. The van der Waals surface area contributed by atoms with Crippen LogP contribution in [0.15, 0.2) is 53.7 Å². The smallest absolute Gasteiger partial charge is 0.316 e. The Morgan fingerprint density at radius 2 is 2.08 bits per heavy atom. The fourth-order valence-corrected chi connectivity index (χ4v) is 1.67. The number of aromatic nitrogens is 2. The Bertz CT molecular complexity index is 729. The van der Waals surface area contributed by atoms with E-state index in [1.165, 1.54) is 24.4 Å². The Morgan fingerprint density at radius 1 is 1.38 bits per heavy atom. The van der Waals surface area contributed by atoms with Crippen molar-refractivity contribution in [2.75, 3.05) is 11.9 Å². The molecule has 0 unspecified atom stereocenters. The Balaban J connectivity index is 2.00. The highest BCUT2D eigenvalue weighted by molar-refractivity contribution is 5.49. The number of halogens is 3. The van der Waals surface area contributed by atoms with Gasteiger partial charge in [-0.1, -0.05) is 12.1 Å². The zero-order chi connectivity index (χ0) is 17.6. The van der Waals surface area contributed by atoms with Gasteiger partial charge in [0.1, 0.15) is 12.3 Å². The standard InChI is InChI=1S/C15H14F3N5O/c1-15(17,18)10-3-2-4-12(5-10)20-8-13(23-19)9-24-14-21-6-11(16)7-22-14/h2-8,19-20H,9H2,1H3/b13-8-,23-19?. The number of nitrogens with one attached hydrogen (secondary N) is 2. The molecule has 0 fully saturated rings. The van der Waals surface area contributed by atoms with Crippen LogP contribution in [-0.2, 0) is 5.92 Å². The van der Waals surface area contributed by atoms with Gasteiger partial charge in [0.2, 0.25) is 0 Å². The molecule has 1 aromatic carbocycles. The fourth-order valence-electron chi connectivity index (χ4n) is 1.67. The van der Waals surface area contributed by atoms with E-state index in [2.05, 4.69) is 20.4 Å². The van der Waals surface area contributed by atoms with Gasteiger partial charge in [0, 0.05) is 24.4 Å². The van der Waals surface area contributed by atoms with Gasteiger partial charge in [-0.25, -0.2) is 28.7 Å². The molecule has 0 aliphatic rings. The van der Waals surface area contributed by atoms with E-state index in [9.17, 15) is 13.2 Å². The van der Waals surface area contributed by atoms with E-state index < -0.39 is 11.7 Å². The molecule has 2 N–H and O–H groups in total. The number of rotatable bonds is 7. The van der Waals surface area contributed by atoms with Gasteiger partial charge in [-0.15, -0.1) is 0 Å². The Labute approximate surface area is 135 Å². The molecule has 2 rings (SSSR count). The van der Waals surface area contributed by atoms with E-state index in [0.717, 1.165) is 19.3 Å². The molecule has 24 heavy (non-hydrogen) atoms. The largest absolute Gasteiger partial charge is 0.457 e. The number of nitrogens with zero attached hydrogens (tertiary/aromatic N) is 3. The first-order valence-corrected chi connectivity index (χ1v) is 6.80. The van der Waals surface area contributed by atoms with Gasteiger partial charge in [0.05, 0.1) is 12.4 Å². The summed E-state index contributed by atoms with van der Waals surface area (Å²) in [5.41, 5.74) is 7.52. The maximum atomic E-state index is 13.3. The van der Waals surface area contributed by atoms with Gasteiger partial charge < -0.3 is 10.1 Å². The molecule has 0 saturated carbocycles. The molecule has 0 bridgehead atoms. The highest BCUT2D eigenvalue weighted by Crippen LogP contribution is 2.28. The van der Waals surface area contributed by atoms with Crippen LogP contribution < -0.4 is 10.1 Å². The lowest BCUT2D eigenvalue weighted by atomic mass is 10.1. The molecule has 0 aliphatic carbocycles. The number of hydrogen-bond acceptors (Lipinski definition) is 6. The highest BCUT2D eigenvalue weighted by Gasteiger charge is 2.23. The monoisotopic (exact) mass is 337 g/mol. The van der Waals surface area contributed by atoms with Crippen molar-refractivity contribution >= 4 is 5.69 Å². The van der Waals surface area contributed by atoms with Crippen LogP contribution in [0.1, 0.15) is 12.5 Å². The van der Waals surface area contributed by atoms with Crippen molar-refractivity contribution in [3.8, 4) is 6.01 Å². The van der Waals surface area contributed by atoms with Crippen LogP contribution in [0.5, 0.6) is 6.01 Å². The second-order valence-corrected chi connectivity index (χ2v) is 4.83. The van der Waals surface area contributed by atoms with Gasteiger partial charge in [-0.05, 0) is 12.1 Å². The van der Waals surface area contributed by atoms with Gasteiger partial charge in [-0.2, -0.15) is 5.11 Å². The molecule has 0 radical (unpaired) electrons. The van der Waals surface area contributed by atoms with Crippen LogP contribution in [0, 0.1) is 11.3 Å². The summed E-state index contributed by atoms with van der Waals surface area (Å²) in [6, 6.07) is 5.63. The first kappa shape index (κ1) is 17.4. The van der Waals surface area contributed by atoms with Gasteiger partial charge >= 0.3 is 6.01 Å². The summed E-state index contributed by atoms with van der Waals surface area (Å²) in [6.45, 7) is 0.662. The predicted octanol–water partition coefficient (Wildman–Crippen LogP) is 4.09. The minimum Gasteiger partial charge on any atom is -0.457 e. The number of alkyl halides is 2. The summed E-state index contributed by atoms with van der Waals surface area (Å²) in [7, 11) is 0. The topological polar surface area (TPSA) is 83.2 Å². The van der Waals surface area contributed by atoms with Crippen LogP contribution in [-0.4, -0.2) is 16.6 Å². The Hall–Kier alpha value is -2.97. The normalized spacial score (nSPS) is 11.9. The van der Waals surface area contributed by atoms with Gasteiger partial charge in [0.15, 0.2) is 5.82 Å². The summed E-state index contributed by atoms with van der Waals surface area (Å²) < 4.78 is 44.4. The molecule has 2 aromatic rings. The molecule has 0 atom stereocenters. The van der Waals surface area contributed by atoms with E-state index in [4.69, 9.17) is 10.3 Å². The van der Waals surface area contributed by atoms with Crippen molar-refractivity contribution in [2.45, 2.75) is 12.8 Å². The van der Waals surface area contributed by atoms with E-state index >= 15 is 0 Å². The van der Waals surface area contributed by atoms with E-state index in [1.807, 2.05) is 0 Å². The van der Waals surface area contributed by atoms with Crippen LogP contribution >= 0.6 is 0 Å². The van der Waals surface area contributed by atoms with Crippen LogP contribution in [0.25, 0.3) is 0 Å². The Kier molecular flexibility index (Phi) is 5.46. The first-order valence-electron chi connectivity index (χ1n) is 6.80. The van der Waals surface area contributed by atoms with Gasteiger partial charge in [-0.3, -0.25) is 0 Å². The fraction of sp³-hybridized carbons (Fsp3) is 0.200. The van der Waals surface area contributed by atoms with Crippen molar-refractivity contribution in [1.82, 2.24) is 9.97 Å². The first-order chi connectivity index (χ1) is 11.4. The molecule has 6 nitrogen and oxygen atoms in total. The highest BCUT2D eigenvalue weighted by atomic mass is 19.3. The van der Waals surface area contributed by atoms with Crippen molar-refractivity contribution in [1.29, 1.82) is 5.53 Å². The maximum absolute atomic E-state index is 13.3. The molecule has 0 amide bonds. The summed E-state index contributed by atoms with van der Waals surface area (Å²) in [6.07, 6.45) is 3.22. The summed E-state index contributed by atoms with van der Waals surface area (Å²) >= 11 is 0. The van der Waals surface area contributed by atoms with E-state index in [-0.39, 0.29) is 23.9 Å². The lowest BCUT2D eigenvalue weighted by Gasteiger charge is -2.12. The third kappa shape index (κ3) is 5.04. The third-order valence-electron chi connectivity index (χ3n) is 2.86. The average Bonchev–Trinajstić information content (AvgIpc) is 2.56. The molecule has 9 heteroatoms. The van der Waals surface area contributed by atoms with E-state index in [0.29, 0.717) is 5.69 Å². The quantitative estimate of drug-likeness (QED) is 0.745. The lowest BCUT2D eigenvalue weighted by Crippen LogP contribution is -2.07. The molecule has 0 spiro atoms. The van der Waals surface area contributed by atoms with Crippen LogP contribution in [0.3, 0.4) is 0 Å². The van der Waals surface area contributed by atoms with Crippen molar-refractivity contribution in [2.24, 2.45) is 5.11 Å². The third-order valence-corrected chi connectivity index (χ3v) is 2.86. The van der Waals surface area contributed by atoms with Crippen molar-refractivity contribution < 1.29 is 17.9 Å². The SMILES string of the molecule is CC(F)(F)c1cccc(N/C=C(/COc2ncc(F)cn2)N=N)c1. The molecule has 0 saturated heterocycles. The minimum absolute atomic E-state index is 0.0708. The zero-order valence-corrected chi connectivity index (χ0v) is 12.6. The van der Waals surface area contributed by atoms with Crippen molar-refractivity contribution in [3.05, 3.63) is 59.9 Å². The van der Waals surface area contributed by atoms with Crippen molar-refractivity contribution in [3.63, 3.8) is 0 Å². The summed E-state index contributed by atoms with van der Waals surface area (Å²) in [4.78, 5) is 7.20. The Morgan fingerprint density at radius 3 is 2.71 bits per heavy atom. The zero-order valence-electron chi connectivity index (χ0n) is 12.6. The molecule has 126 valence electrons. The van der Waals surface area contributed by atoms with Crippen LogP contribution in [0.4, 0.5) is 18.9 Å². The second kappa shape index (κ2) is 7.53. The molecule has 1 aromatic heterocycles. The minimum atomic E-state index is -2.95. The van der Waals surface area contributed by atoms with Gasteiger partial charge in [0.25, 0.3) is 5.92 Å². The molecule has 1 heterocycles. The number of anilines is 1. The lowest BCUT2D eigenvalue weighted by molar-refractivity contribution is 0.0175. The predicted molar refractivity (Wildman–Crippen MR) is 80.3 cm³/mol. The maximum Gasteiger partial charge on any atom is 0.316 e.